The van der Waals surface area contributed by atoms with Crippen molar-refractivity contribution in [2.45, 2.75) is 38.6 Å². The summed E-state index contributed by atoms with van der Waals surface area (Å²) in [6.45, 7) is 5.21. The van der Waals surface area contributed by atoms with Crippen LogP contribution in [0.2, 0.25) is 0 Å². The molecule has 0 bridgehead atoms. The molecule has 1 radical (unpaired) electrons. The Balaban J connectivity index is 1.73. The lowest BCUT2D eigenvalue weighted by Gasteiger charge is -2.27. The van der Waals surface area contributed by atoms with E-state index in [4.69, 9.17) is 0 Å². The van der Waals surface area contributed by atoms with Crippen molar-refractivity contribution in [1.29, 1.82) is 0 Å². The highest BCUT2D eigenvalue weighted by atomic mass is 19.1. The van der Waals surface area contributed by atoms with E-state index in [9.17, 15) is 19.1 Å². The zero-order chi connectivity index (χ0) is 22.0. The summed E-state index contributed by atoms with van der Waals surface area (Å²) < 4.78 is 14.8. The Morgan fingerprint density at radius 2 is 1.87 bits per heavy atom. The molecule has 1 saturated heterocycles. The number of amides is 1. The van der Waals surface area contributed by atoms with Gasteiger partial charge in [-0.05, 0) is 61.9 Å². The fraction of sp³-hybridized carbons (Fsp3) is 0.333. The van der Waals surface area contributed by atoms with Crippen molar-refractivity contribution in [2.24, 2.45) is 0 Å². The van der Waals surface area contributed by atoms with Gasteiger partial charge in [0.15, 0.2) is 5.75 Å². The molecule has 1 aliphatic heterocycles. The first-order chi connectivity index (χ1) is 15.0. The molecule has 1 amide bonds. The summed E-state index contributed by atoms with van der Waals surface area (Å²) in [6.07, 6.45) is 4.71. The summed E-state index contributed by atoms with van der Waals surface area (Å²) in [5, 5.41) is 10.6. The van der Waals surface area contributed by atoms with Crippen LogP contribution < -0.4 is 5.56 Å². The minimum atomic E-state index is -0.315. The maximum absolute atomic E-state index is 13.2. The average molecular weight is 422 g/mol. The lowest BCUT2D eigenvalue weighted by Crippen LogP contribution is -2.39. The molecule has 1 aromatic carbocycles. The largest absolute Gasteiger partial charge is 0.505 e. The molecule has 4 rings (SSSR count). The maximum Gasteiger partial charge on any atom is 0.258 e. The Kier molecular flexibility index (Phi) is 6.02. The third-order valence-corrected chi connectivity index (χ3v) is 5.81. The van der Waals surface area contributed by atoms with Crippen LogP contribution >= 0.6 is 0 Å². The standard InChI is InChI=1S/C24H25FN3O3/c1-2-19-23(30)22-20(14-17(15-26-22)13-16-6-8-18(25)9-7-16)28(24(19)31)12-11-27-10-4-3-5-21(27)29/h6-9,14-15,30H,1-5,10-13H2. The second kappa shape index (κ2) is 8.88. The van der Waals surface area contributed by atoms with Gasteiger partial charge in [0.05, 0.1) is 11.1 Å². The first-order valence-electron chi connectivity index (χ1n) is 10.5. The normalized spacial score (nSPS) is 14.4. The number of carbonyl (C=O) groups is 1. The maximum atomic E-state index is 13.2. The van der Waals surface area contributed by atoms with Crippen LogP contribution in [0.3, 0.4) is 0 Å². The van der Waals surface area contributed by atoms with Crippen LogP contribution in [0, 0.1) is 12.7 Å². The lowest BCUT2D eigenvalue weighted by molar-refractivity contribution is -0.133. The van der Waals surface area contributed by atoms with E-state index >= 15 is 0 Å². The predicted octanol–water partition coefficient (Wildman–Crippen LogP) is 3.22. The summed E-state index contributed by atoms with van der Waals surface area (Å²) in [4.78, 5) is 31.5. The average Bonchev–Trinajstić information content (AvgIpc) is 2.77. The Hall–Kier alpha value is -3.22. The van der Waals surface area contributed by atoms with E-state index in [1.54, 1.807) is 27.8 Å². The number of pyridine rings is 2. The highest BCUT2D eigenvalue weighted by molar-refractivity contribution is 5.83. The monoisotopic (exact) mass is 422 g/mol. The fourth-order valence-corrected chi connectivity index (χ4v) is 4.10. The van der Waals surface area contributed by atoms with Crippen molar-refractivity contribution in [1.82, 2.24) is 14.5 Å². The molecule has 1 aliphatic rings. The summed E-state index contributed by atoms with van der Waals surface area (Å²) in [5.74, 6) is -0.337. The number of carbonyl (C=O) groups excluding carboxylic acids is 1. The molecule has 1 fully saturated rings. The molecule has 3 heterocycles. The second-order valence-corrected chi connectivity index (χ2v) is 7.89. The number of aromatic hydroxyl groups is 1. The topological polar surface area (TPSA) is 75.4 Å². The highest BCUT2D eigenvalue weighted by Gasteiger charge is 2.20. The molecule has 0 saturated carbocycles. The van der Waals surface area contributed by atoms with E-state index < -0.39 is 0 Å². The van der Waals surface area contributed by atoms with E-state index in [2.05, 4.69) is 11.9 Å². The number of nitrogens with zero attached hydrogens (tertiary/aromatic N) is 3. The van der Waals surface area contributed by atoms with Gasteiger partial charge in [-0.15, -0.1) is 0 Å². The van der Waals surface area contributed by atoms with Crippen molar-refractivity contribution in [3.63, 3.8) is 0 Å². The Bertz CT molecular complexity index is 1170. The van der Waals surface area contributed by atoms with Gasteiger partial charge < -0.3 is 14.6 Å². The molecular weight excluding hydrogens is 397 g/mol. The first-order valence-corrected chi connectivity index (χ1v) is 10.5. The van der Waals surface area contributed by atoms with Crippen LogP contribution in [0.1, 0.15) is 36.0 Å². The van der Waals surface area contributed by atoms with Crippen LogP contribution in [0.4, 0.5) is 4.39 Å². The van der Waals surface area contributed by atoms with Gasteiger partial charge in [-0.1, -0.05) is 12.1 Å². The summed E-state index contributed by atoms with van der Waals surface area (Å²) >= 11 is 0. The van der Waals surface area contributed by atoms with Gasteiger partial charge in [0.1, 0.15) is 11.3 Å². The van der Waals surface area contributed by atoms with Gasteiger partial charge in [-0.3, -0.25) is 14.6 Å². The Labute approximate surface area is 180 Å². The second-order valence-electron chi connectivity index (χ2n) is 7.89. The van der Waals surface area contributed by atoms with Crippen LogP contribution in [0.15, 0.2) is 41.3 Å². The Morgan fingerprint density at radius 3 is 2.58 bits per heavy atom. The van der Waals surface area contributed by atoms with Crippen molar-refractivity contribution in [3.05, 3.63) is 76.3 Å². The van der Waals surface area contributed by atoms with Crippen molar-refractivity contribution >= 4 is 16.9 Å². The zero-order valence-corrected chi connectivity index (χ0v) is 17.3. The highest BCUT2D eigenvalue weighted by Crippen LogP contribution is 2.26. The third-order valence-electron chi connectivity index (χ3n) is 5.81. The van der Waals surface area contributed by atoms with Crippen molar-refractivity contribution < 1.29 is 14.3 Å². The molecule has 0 atom stereocenters. The van der Waals surface area contributed by atoms with E-state index in [1.165, 1.54) is 12.1 Å². The number of hydrogen-bond donors (Lipinski definition) is 1. The first kappa shape index (κ1) is 21.0. The van der Waals surface area contributed by atoms with E-state index in [0.29, 0.717) is 43.5 Å². The minimum absolute atomic E-state index is 0.106. The number of rotatable bonds is 6. The minimum Gasteiger partial charge on any atom is -0.505 e. The van der Waals surface area contributed by atoms with Crippen molar-refractivity contribution in [2.75, 3.05) is 13.1 Å². The van der Waals surface area contributed by atoms with E-state index in [-0.39, 0.29) is 35.0 Å². The van der Waals surface area contributed by atoms with Gasteiger partial charge in [0.25, 0.3) is 5.56 Å². The van der Waals surface area contributed by atoms with Gasteiger partial charge in [-0.2, -0.15) is 0 Å². The summed E-state index contributed by atoms with van der Waals surface area (Å²) in [5.41, 5.74) is 2.51. The quantitative estimate of drug-likeness (QED) is 0.662. The molecule has 7 heteroatoms. The zero-order valence-electron chi connectivity index (χ0n) is 17.3. The van der Waals surface area contributed by atoms with Crippen LogP contribution in [-0.2, 0) is 24.2 Å². The Morgan fingerprint density at radius 1 is 1.10 bits per heavy atom. The number of hydrogen-bond acceptors (Lipinski definition) is 4. The number of likely N-dealkylation sites (tertiary alicyclic amines) is 1. The molecule has 161 valence electrons. The van der Waals surface area contributed by atoms with Crippen LogP contribution in [0.5, 0.6) is 5.75 Å². The van der Waals surface area contributed by atoms with Gasteiger partial charge in [0, 0.05) is 32.3 Å². The van der Waals surface area contributed by atoms with E-state index in [1.807, 2.05) is 6.07 Å². The number of piperidine rings is 1. The molecule has 1 N–H and O–H groups in total. The number of fused-ring (bicyclic) bond motifs is 1. The van der Waals surface area contributed by atoms with Crippen LogP contribution in [-0.4, -0.2) is 38.6 Å². The fourth-order valence-electron chi connectivity index (χ4n) is 4.10. The van der Waals surface area contributed by atoms with E-state index in [0.717, 1.165) is 24.0 Å². The van der Waals surface area contributed by atoms with Crippen molar-refractivity contribution in [3.8, 4) is 5.75 Å². The molecular formula is C24H25FN3O3. The molecule has 31 heavy (non-hydrogen) atoms. The lowest BCUT2D eigenvalue weighted by atomic mass is 10.0. The molecule has 0 unspecified atom stereocenters. The number of benzene rings is 1. The number of aromatic nitrogens is 2. The van der Waals surface area contributed by atoms with Gasteiger partial charge in [-0.25, -0.2) is 4.39 Å². The smallest absolute Gasteiger partial charge is 0.258 e. The molecule has 2 aromatic heterocycles. The molecule has 0 aliphatic carbocycles. The SMILES string of the molecule is [CH2]Cc1c(O)c2ncc(Cc3ccc(F)cc3)cc2n(CCN2CCCCC2=O)c1=O. The third kappa shape index (κ3) is 4.31. The van der Waals surface area contributed by atoms with Gasteiger partial charge >= 0.3 is 0 Å². The summed E-state index contributed by atoms with van der Waals surface area (Å²) in [7, 11) is 0. The van der Waals surface area contributed by atoms with Gasteiger partial charge in [0.2, 0.25) is 5.91 Å². The molecule has 3 aromatic rings. The number of halogens is 1. The molecule has 0 spiro atoms. The van der Waals surface area contributed by atoms with Crippen LogP contribution in [0.25, 0.3) is 11.0 Å². The predicted molar refractivity (Wildman–Crippen MR) is 116 cm³/mol. The summed E-state index contributed by atoms with van der Waals surface area (Å²) in [6, 6.07) is 8.05. The molecule has 6 nitrogen and oxygen atoms in total.